The maximum atomic E-state index is 12.5. The summed E-state index contributed by atoms with van der Waals surface area (Å²) in [6.45, 7) is 3.34. The lowest BCUT2D eigenvalue weighted by Gasteiger charge is -2.16. The molecule has 1 atom stereocenters. The lowest BCUT2D eigenvalue weighted by atomic mass is 10.0. The summed E-state index contributed by atoms with van der Waals surface area (Å²) in [6.07, 6.45) is -1.41. The Morgan fingerprint density at radius 2 is 1.90 bits per heavy atom. The van der Waals surface area contributed by atoms with E-state index in [1.807, 2.05) is 0 Å². The van der Waals surface area contributed by atoms with Gasteiger partial charge in [-0.25, -0.2) is 9.78 Å². The number of benzene rings is 1. The lowest BCUT2D eigenvalue weighted by molar-refractivity contribution is -0.139. The van der Waals surface area contributed by atoms with Crippen LogP contribution in [0.15, 0.2) is 41.6 Å². The molecule has 1 aliphatic heterocycles. The van der Waals surface area contributed by atoms with Crippen molar-refractivity contribution in [3.63, 3.8) is 0 Å². The summed E-state index contributed by atoms with van der Waals surface area (Å²) in [5.41, 5.74) is 1.64. The Morgan fingerprint density at radius 3 is 2.55 bits per heavy atom. The summed E-state index contributed by atoms with van der Waals surface area (Å²) in [5, 5.41) is 13.5. The Labute approximate surface area is 168 Å². The van der Waals surface area contributed by atoms with Gasteiger partial charge in [-0.05, 0) is 44.2 Å². The fraction of sp³-hybridized carbons (Fsp3) is 0.286. The molecule has 1 amide bonds. The van der Waals surface area contributed by atoms with Crippen molar-refractivity contribution in [3.05, 3.63) is 52.9 Å². The van der Waals surface area contributed by atoms with Crippen molar-refractivity contribution in [2.75, 3.05) is 20.8 Å². The third-order valence-corrected chi connectivity index (χ3v) is 4.58. The minimum atomic E-state index is -1.41. The molecule has 29 heavy (non-hydrogen) atoms. The van der Waals surface area contributed by atoms with Crippen LogP contribution < -0.4 is 14.8 Å². The van der Waals surface area contributed by atoms with Crippen LogP contribution in [0.4, 0.5) is 0 Å². The molecule has 2 aromatic rings. The van der Waals surface area contributed by atoms with Gasteiger partial charge >= 0.3 is 5.97 Å². The first-order valence-electron chi connectivity index (χ1n) is 9.01. The number of aromatic nitrogens is 1. The van der Waals surface area contributed by atoms with E-state index in [1.165, 1.54) is 14.0 Å². The van der Waals surface area contributed by atoms with Crippen molar-refractivity contribution in [2.24, 2.45) is 0 Å². The zero-order valence-electron chi connectivity index (χ0n) is 16.6. The topological polar surface area (TPSA) is 107 Å². The number of methoxy groups -OCH3 is 2. The molecule has 0 spiro atoms. The summed E-state index contributed by atoms with van der Waals surface area (Å²) < 4.78 is 15.6. The molecule has 8 nitrogen and oxygen atoms in total. The fourth-order valence-corrected chi connectivity index (χ4v) is 3.15. The van der Waals surface area contributed by atoms with Gasteiger partial charge in [-0.2, -0.15) is 0 Å². The van der Waals surface area contributed by atoms with Gasteiger partial charge in [0.2, 0.25) is 0 Å². The van der Waals surface area contributed by atoms with Crippen molar-refractivity contribution in [1.82, 2.24) is 10.3 Å². The van der Waals surface area contributed by atoms with E-state index in [4.69, 9.17) is 14.2 Å². The van der Waals surface area contributed by atoms with Crippen LogP contribution in [-0.4, -0.2) is 42.8 Å². The predicted octanol–water partition coefficient (Wildman–Crippen LogP) is 2.38. The highest BCUT2D eigenvalue weighted by Gasteiger charge is 2.33. The Bertz CT molecular complexity index is 999. The Morgan fingerprint density at radius 1 is 1.17 bits per heavy atom. The number of nitrogens with one attached hydrogen (secondary N) is 1. The van der Waals surface area contributed by atoms with Crippen LogP contribution in [0.5, 0.6) is 11.5 Å². The van der Waals surface area contributed by atoms with E-state index in [0.29, 0.717) is 22.8 Å². The number of esters is 1. The highest BCUT2D eigenvalue weighted by atomic mass is 16.5. The highest BCUT2D eigenvalue weighted by Crippen LogP contribution is 2.34. The molecule has 152 valence electrons. The summed E-state index contributed by atoms with van der Waals surface area (Å²) in [6, 6.07) is 8.49. The molecule has 1 aliphatic rings. The zero-order valence-corrected chi connectivity index (χ0v) is 16.6. The van der Waals surface area contributed by atoms with Gasteiger partial charge in [0.15, 0.2) is 11.5 Å². The Hall–Kier alpha value is -3.39. The smallest absolute Gasteiger partial charge is 0.338 e. The van der Waals surface area contributed by atoms with Crippen LogP contribution in [0, 0.1) is 0 Å². The number of nitrogens with zero attached hydrogens (tertiary/aromatic N) is 1. The van der Waals surface area contributed by atoms with Crippen molar-refractivity contribution < 1.29 is 28.9 Å². The standard InChI is InChI=1S/C21H22N2O6/c1-5-29-21(26)17-11(2)22-20(25)13-7-8-14(23-18(13)19(17)24)12-6-9-15(27-3)16(10-12)28-4/h6-10,19,24H,5H2,1-4H3,(H,22,25). The molecule has 0 aliphatic carbocycles. The molecular weight excluding hydrogens is 376 g/mol. The molecule has 0 saturated heterocycles. The van der Waals surface area contributed by atoms with Crippen LogP contribution in [0.1, 0.15) is 36.0 Å². The number of hydrogen-bond acceptors (Lipinski definition) is 7. The number of ether oxygens (including phenoxy) is 3. The summed E-state index contributed by atoms with van der Waals surface area (Å²) in [7, 11) is 3.07. The maximum Gasteiger partial charge on any atom is 0.338 e. The molecule has 0 bridgehead atoms. The van der Waals surface area contributed by atoms with Crippen LogP contribution >= 0.6 is 0 Å². The number of rotatable bonds is 5. The normalized spacial score (nSPS) is 15.9. The van der Waals surface area contributed by atoms with Gasteiger partial charge in [-0.1, -0.05) is 0 Å². The van der Waals surface area contributed by atoms with Crippen molar-refractivity contribution >= 4 is 11.9 Å². The molecule has 2 N–H and O–H groups in total. The number of pyridine rings is 1. The van der Waals surface area contributed by atoms with Crippen LogP contribution in [0.25, 0.3) is 11.3 Å². The van der Waals surface area contributed by atoms with Crippen LogP contribution in [0.3, 0.4) is 0 Å². The second kappa shape index (κ2) is 8.32. The average Bonchev–Trinajstić information content (AvgIpc) is 2.81. The molecule has 2 heterocycles. The molecule has 1 aromatic carbocycles. The third kappa shape index (κ3) is 3.79. The number of aliphatic hydroxyl groups excluding tert-OH is 1. The van der Waals surface area contributed by atoms with Gasteiger partial charge in [0.25, 0.3) is 5.91 Å². The van der Waals surface area contributed by atoms with E-state index in [2.05, 4.69) is 10.3 Å². The number of fused-ring (bicyclic) bond motifs is 1. The van der Waals surface area contributed by atoms with Gasteiger partial charge in [-0.3, -0.25) is 4.79 Å². The largest absolute Gasteiger partial charge is 0.493 e. The summed E-state index contributed by atoms with van der Waals surface area (Å²) in [4.78, 5) is 29.4. The molecule has 1 unspecified atom stereocenters. The second-order valence-electron chi connectivity index (χ2n) is 6.31. The molecular formula is C21H22N2O6. The van der Waals surface area contributed by atoms with Crippen molar-refractivity contribution in [1.29, 1.82) is 0 Å². The first kappa shape index (κ1) is 20.3. The predicted molar refractivity (Wildman–Crippen MR) is 105 cm³/mol. The molecule has 8 heteroatoms. The second-order valence-corrected chi connectivity index (χ2v) is 6.31. The number of hydrogen-bond donors (Lipinski definition) is 2. The van der Waals surface area contributed by atoms with E-state index >= 15 is 0 Å². The zero-order chi connectivity index (χ0) is 21.1. The Kier molecular flexibility index (Phi) is 5.84. The first-order chi connectivity index (χ1) is 13.9. The summed E-state index contributed by atoms with van der Waals surface area (Å²) >= 11 is 0. The van der Waals surface area contributed by atoms with E-state index in [0.717, 1.165) is 0 Å². The first-order valence-corrected chi connectivity index (χ1v) is 9.01. The van der Waals surface area contributed by atoms with Gasteiger partial charge in [0.05, 0.1) is 43.4 Å². The van der Waals surface area contributed by atoms with Gasteiger partial charge < -0.3 is 24.6 Å². The maximum absolute atomic E-state index is 12.5. The molecule has 3 rings (SSSR count). The number of allylic oxidation sites excluding steroid dienone is 1. The lowest BCUT2D eigenvalue weighted by Crippen LogP contribution is -2.23. The van der Waals surface area contributed by atoms with Gasteiger partial charge in [-0.15, -0.1) is 0 Å². The van der Waals surface area contributed by atoms with E-state index in [-0.39, 0.29) is 29.1 Å². The summed E-state index contributed by atoms with van der Waals surface area (Å²) in [5.74, 6) is -0.0808. The van der Waals surface area contributed by atoms with Gasteiger partial charge in [0, 0.05) is 11.3 Å². The molecule has 0 fully saturated rings. The van der Waals surface area contributed by atoms with Crippen LogP contribution in [0.2, 0.25) is 0 Å². The SMILES string of the molecule is CCOC(=O)C1=C(C)NC(=O)c2ccc(-c3ccc(OC)c(OC)c3)nc2C1O. The van der Waals surface area contributed by atoms with Crippen LogP contribution in [-0.2, 0) is 9.53 Å². The number of amides is 1. The minimum absolute atomic E-state index is 0.0455. The Balaban J connectivity index is 2.11. The number of carbonyl (C=O) groups is 2. The number of aliphatic hydroxyl groups is 1. The molecule has 0 radical (unpaired) electrons. The third-order valence-electron chi connectivity index (χ3n) is 4.58. The molecule has 1 aromatic heterocycles. The quantitative estimate of drug-likeness (QED) is 0.745. The van der Waals surface area contributed by atoms with Crippen molar-refractivity contribution in [2.45, 2.75) is 20.0 Å². The highest BCUT2D eigenvalue weighted by molar-refractivity contribution is 6.01. The van der Waals surface area contributed by atoms with E-state index in [9.17, 15) is 14.7 Å². The van der Waals surface area contributed by atoms with E-state index in [1.54, 1.807) is 44.4 Å². The average molecular weight is 398 g/mol. The number of carbonyl (C=O) groups excluding carboxylic acids is 2. The molecule has 0 saturated carbocycles. The van der Waals surface area contributed by atoms with E-state index < -0.39 is 18.0 Å². The fourth-order valence-electron chi connectivity index (χ4n) is 3.15. The van der Waals surface area contributed by atoms with Crippen molar-refractivity contribution in [3.8, 4) is 22.8 Å². The van der Waals surface area contributed by atoms with Gasteiger partial charge in [0.1, 0.15) is 6.10 Å². The minimum Gasteiger partial charge on any atom is -0.493 e. The monoisotopic (exact) mass is 398 g/mol.